The van der Waals surface area contributed by atoms with Crippen molar-refractivity contribution in [2.45, 2.75) is 6.04 Å². The predicted molar refractivity (Wildman–Crippen MR) is 104 cm³/mol. The lowest BCUT2D eigenvalue weighted by atomic mass is 9.89. The number of rotatable bonds is 4. The van der Waals surface area contributed by atoms with E-state index in [-0.39, 0.29) is 17.2 Å². The standard InChI is InChI=1S/C19H13BrFN5O3/c1-29-18(28)16-14(17(27)11-2-6-12(20)7-3-11)15(10-4-8-13(21)9-5-10)22-19-23-24-25-26(16)19/h2-9,15H,1H3,(H,22,23,25). The van der Waals surface area contributed by atoms with Gasteiger partial charge in [-0.15, -0.1) is 0 Å². The summed E-state index contributed by atoms with van der Waals surface area (Å²) >= 11 is 3.33. The van der Waals surface area contributed by atoms with Gasteiger partial charge >= 0.3 is 5.97 Å². The highest BCUT2D eigenvalue weighted by Crippen LogP contribution is 2.37. The van der Waals surface area contributed by atoms with Crippen LogP contribution in [0, 0.1) is 5.82 Å². The van der Waals surface area contributed by atoms with Gasteiger partial charge in [0.1, 0.15) is 5.82 Å². The van der Waals surface area contributed by atoms with Crippen LogP contribution in [0.4, 0.5) is 10.3 Å². The zero-order valence-electron chi connectivity index (χ0n) is 15.0. The molecule has 3 aromatic rings. The molecular formula is C19H13BrFN5O3. The molecule has 0 radical (unpaired) electrons. The highest BCUT2D eigenvalue weighted by molar-refractivity contribution is 9.10. The molecule has 1 aromatic heterocycles. The quantitative estimate of drug-likeness (QED) is 0.474. The number of hydrogen-bond donors (Lipinski definition) is 1. The molecule has 1 N–H and O–H groups in total. The minimum atomic E-state index is -0.792. The van der Waals surface area contributed by atoms with Crippen molar-refractivity contribution < 1.29 is 18.7 Å². The van der Waals surface area contributed by atoms with E-state index in [4.69, 9.17) is 4.74 Å². The van der Waals surface area contributed by atoms with Crippen LogP contribution in [0.15, 0.2) is 58.6 Å². The lowest BCUT2D eigenvalue weighted by Crippen LogP contribution is -2.31. The first-order valence-electron chi connectivity index (χ1n) is 8.43. The average Bonchev–Trinajstić information content (AvgIpc) is 3.21. The summed E-state index contributed by atoms with van der Waals surface area (Å²) in [4.78, 5) is 26.1. The van der Waals surface area contributed by atoms with Gasteiger partial charge in [-0.3, -0.25) is 4.79 Å². The third kappa shape index (κ3) is 3.42. The van der Waals surface area contributed by atoms with Crippen molar-refractivity contribution in [2.24, 2.45) is 0 Å². The number of ether oxygens (including phenoxy) is 1. The van der Waals surface area contributed by atoms with Crippen LogP contribution in [-0.2, 0) is 9.53 Å². The van der Waals surface area contributed by atoms with E-state index in [0.29, 0.717) is 11.1 Å². The Kier molecular flexibility index (Phi) is 4.93. The minimum Gasteiger partial charge on any atom is -0.464 e. The number of fused-ring (bicyclic) bond motifs is 1. The number of Topliss-reactive ketones (excluding diaryl/α,β-unsaturated/α-hetero) is 1. The molecule has 0 fully saturated rings. The van der Waals surface area contributed by atoms with Crippen molar-refractivity contribution in [3.8, 4) is 0 Å². The summed E-state index contributed by atoms with van der Waals surface area (Å²) < 4.78 is 20.3. The van der Waals surface area contributed by atoms with E-state index in [1.54, 1.807) is 24.3 Å². The van der Waals surface area contributed by atoms with E-state index in [1.807, 2.05) is 0 Å². The molecule has 29 heavy (non-hydrogen) atoms. The fourth-order valence-electron chi connectivity index (χ4n) is 3.07. The van der Waals surface area contributed by atoms with Gasteiger partial charge in [-0.25, -0.2) is 9.18 Å². The number of anilines is 1. The number of ketones is 1. The van der Waals surface area contributed by atoms with Gasteiger partial charge in [0.05, 0.1) is 18.7 Å². The molecule has 0 amide bonds. The number of carbonyl (C=O) groups is 2. The number of halogens is 2. The van der Waals surface area contributed by atoms with E-state index in [2.05, 4.69) is 36.8 Å². The van der Waals surface area contributed by atoms with Crippen molar-refractivity contribution in [3.05, 3.63) is 75.5 Å². The summed E-state index contributed by atoms with van der Waals surface area (Å²) in [6.07, 6.45) is 0. The number of methoxy groups -OCH3 is 1. The van der Waals surface area contributed by atoms with Gasteiger partial charge in [0.2, 0.25) is 5.95 Å². The fourth-order valence-corrected chi connectivity index (χ4v) is 3.34. The molecular weight excluding hydrogens is 445 g/mol. The number of nitrogens with one attached hydrogen (secondary N) is 1. The number of esters is 1. The Hall–Kier alpha value is -3.40. The van der Waals surface area contributed by atoms with Crippen molar-refractivity contribution in [2.75, 3.05) is 12.4 Å². The van der Waals surface area contributed by atoms with Gasteiger partial charge in [-0.05, 0) is 52.4 Å². The Labute approximate surface area is 172 Å². The minimum absolute atomic E-state index is 0.0885. The van der Waals surface area contributed by atoms with E-state index < -0.39 is 23.6 Å². The SMILES string of the molecule is COC(=O)C1=C(C(=O)c2ccc(Br)cc2)C(c2ccc(F)cc2)Nc2nnnn21. The molecule has 10 heteroatoms. The van der Waals surface area contributed by atoms with Crippen LogP contribution in [0.3, 0.4) is 0 Å². The van der Waals surface area contributed by atoms with Crippen LogP contribution in [0.1, 0.15) is 22.0 Å². The Morgan fingerprint density at radius 2 is 1.83 bits per heavy atom. The summed E-state index contributed by atoms with van der Waals surface area (Å²) in [5.74, 6) is -1.45. The number of benzene rings is 2. The van der Waals surface area contributed by atoms with E-state index in [9.17, 15) is 14.0 Å². The maximum atomic E-state index is 13.4. The smallest absolute Gasteiger partial charge is 0.357 e. The highest BCUT2D eigenvalue weighted by atomic mass is 79.9. The molecule has 1 atom stereocenters. The van der Waals surface area contributed by atoms with Gasteiger partial charge in [-0.1, -0.05) is 33.2 Å². The number of carbonyl (C=O) groups excluding carboxylic acids is 2. The molecule has 1 aliphatic rings. The summed E-state index contributed by atoms with van der Waals surface area (Å²) in [6.45, 7) is 0. The number of aromatic nitrogens is 4. The Bertz CT molecular complexity index is 1130. The third-order valence-corrected chi connectivity index (χ3v) is 4.96. The van der Waals surface area contributed by atoms with E-state index in [0.717, 1.165) is 9.15 Å². The predicted octanol–water partition coefficient (Wildman–Crippen LogP) is 3.01. The van der Waals surface area contributed by atoms with Gasteiger partial charge in [0, 0.05) is 10.0 Å². The van der Waals surface area contributed by atoms with Crippen molar-refractivity contribution in [3.63, 3.8) is 0 Å². The third-order valence-electron chi connectivity index (χ3n) is 4.43. The topological polar surface area (TPSA) is 99.0 Å². The van der Waals surface area contributed by atoms with Gasteiger partial charge < -0.3 is 10.1 Å². The first-order chi connectivity index (χ1) is 14.0. The largest absolute Gasteiger partial charge is 0.464 e. The van der Waals surface area contributed by atoms with Crippen molar-refractivity contribution in [1.29, 1.82) is 0 Å². The Morgan fingerprint density at radius 3 is 2.48 bits per heavy atom. The van der Waals surface area contributed by atoms with Gasteiger partial charge in [-0.2, -0.15) is 4.68 Å². The molecule has 146 valence electrons. The molecule has 8 nitrogen and oxygen atoms in total. The van der Waals surface area contributed by atoms with Crippen LogP contribution < -0.4 is 5.32 Å². The van der Waals surface area contributed by atoms with Gasteiger partial charge in [0.15, 0.2) is 11.5 Å². The first kappa shape index (κ1) is 18.9. The zero-order valence-corrected chi connectivity index (χ0v) is 16.6. The highest BCUT2D eigenvalue weighted by Gasteiger charge is 2.38. The second kappa shape index (κ2) is 7.55. The van der Waals surface area contributed by atoms with Crippen LogP contribution in [0.5, 0.6) is 0 Å². The molecule has 2 heterocycles. The number of hydrogen-bond acceptors (Lipinski definition) is 7. The molecule has 4 rings (SSSR count). The molecule has 2 aromatic carbocycles. The lowest BCUT2D eigenvalue weighted by Gasteiger charge is -2.28. The lowest BCUT2D eigenvalue weighted by molar-refractivity contribution is -0.134. The number of nitrogens with zero attached hydrogens (tertiary/aromatic N) is 4. The maximum absolute atomic E-state index is 13.4. The molecule has 0 spiro atoms. The second-order valence-corrected chi connectivity index (χ2v) is 7.05. The van der Waals surface area contributed by atoms with Gasteiger partial charge in [0.25, 0.3) is 0 Å². The average molecular weight is 458 g/mol. The summed E-state index contributed by atoms with van der Waals surface area (Å²) in [7, 11) is 1.20. The molecule has 0 bridgehead atoms. The Balaban J connectivity index is 1.95. The maximum Gasteiger partial charge on any atom is 0.357 e. The first-order valence-corrected chi connectivity index (χ1v) is 9.22. The zero-order chi connectivity index (χ0) is 20.5. The molecule has 1 aliphatic heterocycles. The van der Waals surface area contributed by atoms with Crippen LogP contribution >= 0.6 is 15.9 Å². The fraction of sp³-hybridized carbons (Fsp3) is 0.105. The van der Waals surface area contributed by atoms with Crippen molar-refractivity contribution >= 4 is 39.3 Å². The number of tetrazole rings is 1. The molecule has 0 aliphatic carbocycles. The molecule has 1 unspecified atom stereocenters. The molecule has 0 saturated carbocycles. The summed E-state index contributed by atoms with van der Waals surface area (Å²) in [5.41, 5.74) is 0.900. The van der Waals surface area contributed by atoms with Crippen molar-refractivity contribution in [1.82, 2.24) is 20.2 Å². The second-order valence-electron chi connectivity index (χ2n) is 6.13. The Morgan fingerprint density at radius 1 is 1.14 bits per heavy atom. The normalized spacial score (nSPS) is 15.5. The van der Waals surface area contributed by atoms with Crippen LogP contribution in [0.2, 0.25) is 0 Å². The van der Waals surface area contributed by atoms with E-state index in [1.165, 1.54) is 31.4 Å². The van der Waals surface area contributed by atoms with E-state index >= 15 is 0 Å². The van der Waals surface area contributed by atoms with Crippen LogP contribution in [0.25, 0.3) is 5.70 Å². The molecule has 0 saturated heterocycles. The monoisotopic (exact) mass is 457 g/mol. The summed E-state index contributed by atoms with van der Waals surface area (Å²) in [5, 5.41) is 14.3. The summed E-state index contributed by atoms with van der Waals surface area (Å²) in [6, 6.07) is 11.5. The van der Waals surface area contributed by atoms with Crippen LogP contribution in [-0.4, -0.2) is 39.1 Å².